The average Bonchev–Trinajstić information content (AvgIpc) is 2.28. The molecule has 94 valence electrons. The van der Waals surface area contributed by atoms with Gasteiger partial charge in [0.2, 0.25) is 0 Å². The predicted octanol–water partition coefficient (Wildman–Crippen LogP) is 4.96. The molecule has 0 aliphatic carbocycles. The van der Waals surface area contributed by atoms with Gasteiger partial charge in [-0.3, -0.25) is 0 Å². The van der Waals surface area contributed by atoms with Gasteiger partial charge in [-0.2, -0.15) is 0 Å². The fourth-order valence-corrected chi connectivity index (χ4v) is 1.97. The minimum atomic E-state index is -0.00912. The van der Waals surface area contributed by atoms with Crippen LogP contribution in [0.2, 0.25) is 0 Å². The summed E-state index contributed by atoms with van der Waals surface area (Å²) in [4.78, 5) is 0. The normalized spacial score (nSPS) is 15.4. The summed E-state index contributed by atoms with van der Waals surface area (Å²) in [6.45, 7) is 12.7. The molecule has 0 saturated heterocycles. The highest BCUT2D eigenvalue weighted by Gasteiger charge is 2.20. The van der Waals surface area contributed by atoms with Crippen molar-refractivity contribution >= 4 is 11.6 Å². The molecule has 1 heteroatoms. The van der Waals surface area contributed by atoms with Gasteiger partial charge < -0.3 is 0 Å². The van der Waals surface area contributed by atoms with Crippen LogP contribution in [-0.2, 0) is 11.8 Å². The van der Waals surface area contributed by atoms with E-state index in [2.05, 4.69) is 58.5 Å². The smallest absolute Gasteiger partial charge is 0.0315 e. The number of allylic oxidation sites excluding steroid dienone is 1. The molecule has 1 atom stereocenters. The average molecular weight is 251 g/mol. The Kier molecular flexibility index (Phi) is 4.43. The van der Waals surface area contributed by atoms with Gasteiger partial charge in [0.15, 0.2) is 0 Å². The first-order valence-electron chi connectivity index (χ1n) is 6.10. The number of alkyl halides is 1. The Morgan fingerprint density at radius 1 is 1.12 bits per heavy atom. The Labute approximate surface area is 111 Å². The van der Waals surface area contributed by atoms with Crippen LogP contribution in [0.15, 0.2) is 36.9 Å². The van der Waals surface area contributed by atoms with Gasteiger partial charge in [0.25, 0.3) is 0 Å². The highest BCUT2D eigenvalue weighted by atomic mass is 35.5. The summed E-state index contributed by atoms with van der Waals surface area (Å²) < 4.78 is 0. The molecule has 0 bridgehead atoms. The van der Waals surface area contributed by atoms with E-state index in [4.69, 9.17) is 11.6 Å². The van der Waals surface area contributed by atoms with Gasteiger partial charge in [-0.1, -0.05) is 58.0 Å². The third-order valence-electron chi connectivity index (χ3n) is 3.23. The monoisotopic (exact) mass is 250 g/mol. The molecule has 17 heavy (non-hydrogen) atoms. The van der Waals surface area contributed by atoms with Gasteiger partial charge in [-0.15, -0.1) is 18.2 Å². The lowest BCUT2D eigenvalue weighted by Crippen LogP contribution is -2.18. The third kappa shape index (κ3) is 3.89. The second-order valence-corrected chi connectivity index (χ2v) is 6.38. The molecule has 1 rings (SSSR count). The molecule has 0 radical (unpaired) electrons. The van der Waals surface area contributed by atoms with Crippen molar-refractivity contribution < 1.29 is 0 Å². The quantitative estimate of drug-likeness (QED) is 0.524. The first kappa shape index (κ1) is 14.3. The minimum absolute atomic E-state index is 0.00912. The van der Waals surface area contributed by atoms with Crippen molar-refractivity contribution in [2.75, 3.05) is 5.88 Å². The predicted molar refractivity (Wildman–Crippen MR) is 77.9 cm³/mol. The molecular weight excluding hydrogens is 228 g/mol. The van der Waals surface area contributed by atoms with E-state index in [0.29, 0.717) is 5.88 Å². The number of hydrogen-bond acceptors (Lipinski definition) is 0. The lowest BCUT2D eigenvalue weighted by Gasteiger charge is -2.24. The number of benzene rings is 1. The second-order valence-electron chi connectivity index (χ2n) is 6.12. The Morgan fingerprint density at radius 2 is 1.65 bits per heavy atom. The third-order valence-corrected chi connectivity index (χ3v) is 3.84. The van der Waals surface area contributed by atoms with Crippen LogP contribution in [0.4, 0.5) is 0 Å². The molecule has 0 aliphatic heterocycles. The summed E-state index contributed by atoms with van der Waals surface area (Å²) in [6.07, 6.45) is 2.90. The molecule has 1 aromatic rings. The molecule has 0 heterocycles. The van der Waals surface area contributed by atoms with Crippen LogP contribution in [0.25, 0.3) is 0 Å². The van der Waals surface area contributed by atoms with E-state index >= 15 is 0 Å². The summed E-state index contributed by atoms with van der Waals surface area (Å²) in [5.74, 6) is 0.609. The van der Waals surface area contributed by atoms with E-state index < -0.39 is 0 Å². The maximum atomic E-state index is 5.99. The van der Waals surface area contributed by atoms with Gasteiger partial charge in [0.1, 0.15) is 0 Å². The van der Waals surface area contributed by atoms with E-state index in [0.717, 1.165) is 6.42 Å². The van der Waals surface area contributed by atoms with E-state index in [1.807, 2.05) is 6.08 Å². The van der Waals surface area contributed by atoms with Crippen LogP contribution >= 0.6 is 11.6 Å². The molecule has 0 nitrogen and oxygen atoms in total. The molecular formula is C16H23Cl. The Morgan fingerprint density at radius 3 is 2.00 bits per heavy atom. The van der Waals surface area contributed by atoms with Crippen LogP contribution in [0, 0.1) is 5.41 Å². The lowest BCUT2D eigenvalue weighted by molar-refractivity contribution is 0.486. The number of rotatable bonds is 4. The number of hydrogen-bond donors (Lipinski definition) is 0. The summed E-state index contributed by atoms with van der Waals surface area (Å²) in [6, 6.07) is 8.84. The first-order chi connectivity index (χ1) is 7.80. The molecule has 0 amide bonds. The van der Waals surface area contributed by atoms with Crippen LogP contribution in [0.1, 0.15) is 38.8 Å². The van der Waals surface area contributed by atoms with Crippen molar-refractivity contribution in [2.45, 2.75) is 39.5 Å². The van der Waals surface area contributed by atoms with Crippen molar-refractivity contribution in [3.8, 4) is 0 Å². The van der Waals surface area contributed by atoms with Crippen molar-refractivity contribution in [2.24, 2.45) is 5.41 Å². The van der Waals surface area contributed by atoms with Gasteiger partial charge in [0.05, 0.1) is 0 Å². The van der Waals surface area contributed by atoms with Crippen molar-refractivity contribution in [1.29, 1.82) is 0 Å². The molecule has 1 aromatic carbocycles. The lowest BCUT2D eigenvalue weighted by atomic mass is 9.83. The van der Waals surface area contributed by atoms with Gasteiger partial charge in [0, 0.05) is 11.3 Å². The Hall–Kier alpha value is -0.750. The molecule has 0 N–H and O–H groups in total. The topological polar surface area (TPSA) is 0 Å². The van der Waals surface area contributed by atoms with E-state index in [1.54, 1.807) is 0 Å². The minimum Gasteiger partial charge on any atom is -0.126 e. The maximum absolute atomic E-state index is 5.99. The largest absolute Gasteiger partial charge is 0.126 e. The molecule has 0 fully saturated rings. The zero-order chi connectivity index (χ0) is 13.1. The summed E-state index contributed by atoms with van der Waals surface area (Å²) in [5, 5.41) is 0. The first-order valence-corrected chi connectivity index (χ1v) is 6.63. The van der Waals surface area contributed by atoms with E-state index in [1.165, 1.54) is 11.1 Å². The van der Waals surface area contributed by atoms with Gasteiger partial charge >= 0.3 is 0 Å². The molecule has 1 unspecified atom stereocenters. The van der Waals surface area contributed by atoms with Crippen LogP contribution in [0.3, 0.4) is 0 Å². The summed E-state index contributed by atoms with van der Waals surface area (Å²) in [7, 11) is 0. The molecule has 0 saturated carbocycles. The maximum Gasteiger partial charge on any atom is 0.0315 e. The van der Waals surface area contributed by atoms with Crippen LogP contribution in [-0.4, -0.2) is 5.88 Å². The summed E-state index contributed by atoms with van der Waals surface area (Å²) >= 11 is 5.99. The number of halogens is 1. The van der Waals surface area contributed by atoms with E-state index in [9.17, 15) is 0 Å². The standard InChI is InChI=1S/C16H23Cl/c1-6-16(5,12-17)11-13-7-9-14(10-8-13)15(2,3)4/h6-10H,1,11-12H2,2-5H3. The van der Waals surface area contributed by atoms with Crippen LogP contribution in [0.5, 0.6) is 0 Å². The zero-order valence-corrected chi connectivity index (χ0v) is 12.1. The van der Waals surface area contributed by atoms with E-state index in [-0.39, 0.29) is 10.8 Å². The SMILES string of the molecule is C=CC(C)(CCl)Cc1ccc(C(C)(C)C)cc1. The van der Waals surface area contributed by atoms with Gasteiger partial charge in [-0.25, -0.2) is 0 Å². The highest BCUT2D eigenvalue weighted by molar-refractivity contribution is 6.18. The molecule has 0 aromatic heterocycles. The van der Waals surface area contributed by atoms with Crippen molar-refractivity contribution in [1.82, 2.24) is 0 Å². The van der Waals surface area contributed by atoms with Crippen molar-refractivity contribution in [3.05, 3.63) is 48.0 Å². The van der Waals surface area contributed by atoms with Crippen LogP contribution < -0.4 is 0 Å². The second kappa shape index (κ2) is 5.27. The highest BCUT2D eigenvalue weighted by Crippen LogP contribution is 2.27. The fourth-order valence-electron chi connectivity index (χ4n) is 1.76. The summed E-state index contributed by atoms with van der Waals surface area (Å²) in [5.41, 5.74) is 2.89. The van der Waals surface area contributed by atoms with Crippen molar-refractivity contribution in [3.63, 3.8) is 0 Å². The molecule has 0 spiro atoms. The zero-order valence-electron chi connectivity index (χ0n) is 11.4. The fraction of sp³-hybridized carbons (Fsp3) is 0.500. The Balaban J connectivity index is 2.86. The molecule has 0 aliphatic rings. The Bertz CT molecular complexity index is 370. The van der Waals surface area contributed by atoms with Gasteiger partial charge in [-0.05, 0) is 23.0 Å².